The summed E-state index contributed by atoms with van der Waals surface area (Å²) in [5.41, 5.74) is 1.73. The molecule has 1 fully saturated rings. The van der Waals surface area contributed by atoms with Gasteiger partial charge in [-0.1, -0.05) is 6.07 Å². The highest BCUT2D eigenvalue weighted by Gasteiger charge is 2.25. The van der Waals surface area contributed by atoms with Crippen LogP contribution < -0.4 is 9.80 Å². The summed E-state index contributed by atoms with van der Waals surface area (Å²) < 4.78 is 0. The van der Waals surface area contributed by atoms with Gasteiger partial charge in [-0.05, 0) is 43.2 Å². The van der Waals surface area contributed by atoms with Crippen LogP contribution in [0.4, 0.5) is 17.1 Å². The molecule has 0 radical (unpaired) electrons. The first kappa shape index (κ1) is 17.4. The van der Waals surface area contributed by atoms with Crippen molar-refractivity contribution in [3.05, 3.63) is 63.7 Å². The molecule has 0 bridgehead atoms. The molecule has 1 saturated heterocycles. The molecular weight excluding hydrogens is 332 g/mol. The van der Waals surface area contributed by atoms with Crippen molar-refractivity contribution in [2.75, 3.05) is 29.9 Å². The predicted octanol–water partition coefficient (Wildman–Crippen LogP) is 3.34. The Balaban J connectivity index is 1.92. The van der Waals surface area contributed by atoms with Crippen LogP contribution >= 0.6 is 0 Å². The first-order valence-corrected chi connectivity index (χ1v) is 8.33. The normalized spacial score (nSPS) is 13.3. The fourth-order valence-electron chi connectivity index (χ4n) is 3.12. The first-order chi connectivity index (χ1) is 12.5. The standard InChI is InChI=1S/C19H18N4O3/c1-21(16-6-4-5-14(11-16)13-20)19(24)15-7-8-17(18(12-15)23(25)26)22-9-2-3-10-22/h4-8,11-12H,2-3,9-10H2,1H3. The lowest BCUT2D eigenvalue weighted by molar-refractivity contribution is -0.384. The number of nitro benzene ring substituents is 1. The minimum Gasteiger partial charge on any atom is -0.366 e. The number of amides is 1. The number of anilines is 2. The van der Waals surface area contributed by atoms with Crippen LogP contribution in [-0.4, -0.2) is 31.0 Å². The third kappa shape index (κ3) is 3.35. The van der Waals surface area contributed by atoms with Gasteiger partial charge in [-0.25, -0.2) is 0 Å². The largest absolute Gasteiger partial charge is 0.366 e. The molecule has 7 nitrogen and oxygen atoms in total. The molecule has 0 unspecified atom stereocenters. The fraction of sp³-hybridized carbons (Fsp3) is 0.263. The van der Waals surface area contributed by atoms with E-state index in [1.807, 2.05) is 11.0 Å². The molecular formula is C19H18N4O3. The quantitative estimate of drug-likeness (QED) is 0.623. The lowest BCUT2D eigenvalue weighted by atomic mass is 10.1. The van der Waals surface area contributed by atoms with E-state index in [4.69, 9.17) is 5.26 Å². The molecule has 3 rings (SSSR count). The summed E-state index contributed by atoms with van der Waals surface area (Å²) in [5.74, 6) is -0.365. The third-order valence-corrected chi connectivity index (χ3v) is 4.53. The van der Waals surface area contributed by atoms with Crippen LogP contribution in [0.5, 0.6) is 0 Å². The Labute approximate surface area is 151 Å². The molecule has 0 aliphatic carbocycles. The molecule has 1 aliphatic rings. The zero-order valence-corrected chi connectivity index (χ0v) is 14.4. The predicted molar refractivity (Wildman–Crippen MR) is 98.4 cm³/mol. The van der Waals surface area contributed by atoms with Gasteiger partial charge in [0.1, 0.15) is 5.69 Å². The number of carbonyl (C=O) groups is 1. The van der Waals surface area contributed by atoms with E-state index in [0.717, 1.165) is 25.9 Å². The summed E-state index contributed by atoms with van der Waals surface area (Å²) >= 11 is 0. The number of nitrogens with zero attached hydrogens (tertiary/aromatic N) is 4. The maximum atomic E-state index is 12.8. The number of nitriles is 1. The van der Waals surface area contributed by atoms with Crippen LogP contribution in [-0.2, 0) is 0 Å². The number of carbonyl (C=O) groups excluding carboxylic acids is 1. The molecule has 1 amide bonds. The molecule has 1 heterocycles. The lowest BCUT2D eigenvalue weighted by Crippen LogP contribution is -2.26. The Morgan fingerprint density at radius 3 is 2.62 bits per heavy atom. The molecule has 0 N–H and O–H groups in total. The van der Waals surface area contributed by atoms with Gasteiger partial charge in [0.2, 0.25) is 0 Å². The van der Waals surface area contributed by atoms with Gasteiger partial charge < -0.3 is 9.80 Å². The van der Waals surface area contributed by atoms with Crippen LogP contribution in [0.25, 0.3) is 0 Å². The minimum absolute atomic E-state index is 0.0584. The summed E-state index contributed by atoms with van der Waals surface area (Å²) in [6, 6.07) is 13.3. The van der Waals surface area contributed by atoms with Crippen LogP contribution in [0.3, 0.4) is 0 Å². The van der Waals surface area contributed by atoms with Crippen molar-refractivity contribution >= 4 is 23.0 Å². The van der Waals surface area contributed by atoms with Crippen LogP contribution in [0.2, 0.25) is 0 Å². The lowest BCUT2D eigenvalue weighted by Gasteiger charge is -2.20. The highest BCUT2D eigenvalue weighted by Crippen LogP contribution is 2.32. The highest BCUT2D eigenvalue weighted by atomic mass is 16.6. The smallest absolute Gasteiger partial charge is 0.293 e. The molecule has 0 atom stereocenters. The van der Waals surface area contributed by atoms with Crippen molar-refractivity contribution in [3.8, 4) is 6.07 Å². The van der Waals surface area contributed by atoms with Gasteiger partial charge in [0.25, 0.3) is 11.6 Å². The van der Waals surface area contributed by atoms with Gasteiger partial charge in [0, 0.05) is 37.5 Å². The van der Waals surface area contributed by atoms with E-state index in [1.165, 1.54) is 11.0 Å². The van der Waals surface area contributed by atoms with E-state index in [1.54, 1.807) is 43.4 Å². The van der Waals surface area contributed by atoms with E-state index in [-0.39, 0.29) is 17.2 Å². The SMILES string of the molecule is CN(C(=O)c1ccc(N2CCCC2)c([N+](=O)[O-])c1)c1cccc(C#N)c1. The van der Waals surface area contributed by atoms with Gasteiger partial charge in [-0.15, -0.1) is 0 Å². The Morgan fingerprint density at radius 2 is 1.96 bits per heavy atom. The molecule has 1 aliphatic heterocycles. The molecule has 0 aromatic heterocycles. The molecule has 2 aromatic rings. The number of nitro groups is 1. The van der Waals surface area contributed by atoms with Gasteiger partial charge in [-0.2, -0.15) is 5.26 Å². The Hall–Kier alpha value is -3.40. The van der Waals surface area contributed by atoms with Gasteiger partial charge >= 0.3 is 0 Å². The maximum absolute atomic E-state index is 12.8. The zero-order valence-electron chi connectivity index (χ0n) is 14.4. The molecule has 26 heavy (non-hydrogen) atoms. The van der Waals surface area contributed by atoms with Gasteiger partial charge in [0.05, 0.1) is 16.6 Å². The van der Waals surface area contributed by atoms with E-state index in [9.17, 15) is 14.9 Å². The number of benzene rings is 2. The van der Waals surface area contributed by atoms with Crippen molar-refractivity contribution in [2.45, 2.75) is 12.8 Å². The van der Waals surface area contributed by atoms with E-state index >= 15 is 0 Å². The molecule has 2 aromatic carbocycles. The Morgan fingerprint density at radius 1 is 1.23 bits per heavy atom. The van der Waals surface area contributed by atoms with Crippen molar-refractivity contribution in [1.82, 2.24) is 0 Å². The van der Waals surface area contributed by atoms with E-state index in [0.29, 0.717) is 16.9 Å². The summed E-state index contributed by atoms with van der Waals surface area (Å²) in [7, 11) is 1.58. The maximum Gasteiger partial charge on any atom is 0.293 e. The first-order valence-electron chi connectivity index (χ1n) is 8.33. The fourth-order valence-corrected chi connectivity index (χ4v) is 3.12. The number of hydrogen-bond donors (Lipinski definition) is 0. The minimum atomic E-state index is -0.444. The van der Waals surface area contributed by atoms with Gasteiger partial charge in [-0.3, -0.25) is 14.9 Å². The van der Waals surface area contributed by atoms with Crippen molar-refractivity contribution in [2.24, 2.45) is 0 Å². The third-order valence-electron chi connectivity index (χ3n) is 4.53. The molecule has 0 spiro atoms. The average molecular weight is 350 g/mol. The summed E-state index contributed by atoms with van der Waals surface area (Å²) in [6.45, 7) is 1.57. The second kappa shape index (κ2) is 7.23. The van der Waals surface area contributed by atoms with Crippen LogP contribution in [0, 0.1) is 21.4 Å². The van der Waals surface area contributed by atoms with Crippen LogP contribution in [0.1, 0.15) is 28.8 Å². The van der Waals surface area contributed by atoms with E-state index < -0.39 is 4.92 Å². The molecule has 132 valence electrons. The van der Waals surface area contributed by atoms with Gasteiger partial charge in [0.15, 0.2) is 0 Å². The monoisotopic (exact) mass is 350 g/mol. The molecule has 0 saturated carbocycles. The van der Waals surface area contributed by atoms with Crippen LogP contribution in [0.15, 0.2) is 42.5 Å². The highest BCUT2D eigenvalue weighted by molar-refractivity contribution is 6.06. The zero-order chi connectivity index (χ0) is 18.7. The second-order valence-corrected chi connectivity index (χ2v) is 6.18. The topological polar surface area (TPSA) is 90.5 Å². The summed E-state index contributed by atoms with van der Waals surface area (Å²) in [4.78, 5) is 27.2. The Kier molecular flexibility index (Phi) is 4.85. The Bertz CT molecular complexity index is 898. The average Bonchev–Trinajstić information content (AvgIpc) is 3.21. The summed E-state index contributed by atoms with van der Waals surface area (Å²) in [5, 5.41) is 20.5. The van der Waals surface area contributed by atoms with Crippen molar-refractivity contribution in [1.29, 1.82) is 5.26 Å². The van der Waals surface area contributed by atoms with Crippen molar-refractivity contribution < 1.29 is 9.72 Å². The second-order valence-electron chi connectivity index (χ2n) is 6.18. The number of hydrogen-bond acceptors (Lipinski definition) is 5. The number of rotatable bonds is 4. The molecule has 7 heteroatoms. The van der Waals surface area contributed by atoms with Crippen molar-refractivity contribution in [3.63, 3.8) is 0 Å². The summed E-state index contributed by atoms with van der Waals surface area (Å²) in [6.07, 6.45) is 2.02. The van der Waals surface area contributed by atoms with E-state index in [2.05, 4.69) is 0 Å².